The lowest BCUT2D eigenvalue weighted by atomic mass is 9.99. The van der Waals surface area contributed by atoms with Gasteiger partial charge in [0.05, 0.1) is 5.56 Å². The minimum absolute atomic E-state index is 0.0991. The molecule has 0 saturated heterocycles. The molecule has 0 aromatic heterocycles. The molecule has 0 fully saturated rings. The molecule has 0 bridgehead atoms. The Morgan fingerprint density at radius 1 is 1.00 bits per heavy atom. The minimum Gasteiger partial charge on any atom is -0.334 e. The van der Waals surface area contributed by atoms with Gasteiger partial charge in [-0.1, -0.05) is 36.4 Å². The van der Waals surface area contributed by atoms with E-state index in [-0.39, 0.29) is 5.91 Å². The van der Waals surface area contributed by atoms with E-state index in [4.69, 9.17) is 0 Å². The first-order valence-electron chi connectivity index (χ1n) is 6.36. The van der Waals surface area contributed by atoms with Crippen LogP contribution in [0.1, 0.15) is 21.5 Å². The van der Waals surface area contributed by atoms with Gasteiger partial charge in [-0.2, -0.15) is 0 Å². The number of benzene rings is 2. The van der Waals surface area contributed by atoms with Gasteiger partial charge in [0.15, 0.2) is 0 Å². The van der Waals surface area contributed by atoms with E-state index in [2.05, 4.69) is 34.1 Å². The van der Waals surface area contributed by atoms with Gasteiger partial charge in [-0.3, -0.25) is 4.79 Å². The normalized spacial score (nSPS) is 14.1. The van der Waals surface area contributed by atoms with E-state index in [0.29, 0.717) is 6.54 Å². The van der Waals surface area contributed by atoms with Crippen LogP contribution < -0.4 is 0 Å². The topological polar surface area (TPSA) is 20.3 Å². The Labute approximate surface area is 121 Å². The molecular formula is C16H14BrNO. The van der Waals surface area contributed by atoms with Gasteiger partial charge in [0.2, 0.25) is 0 Å². The Morgan fingerprint density at radius 2 is 1.68 bits per heavy atom. The van der Waals surface area contributed by atoms with Gasteiger partial charge in [-0.25, -0.2) is 0 Å². The highest BCUT2D eigenvalue weighted by Gasteiger charge is 2.22. The third-order valence-corrected chi connectivity index (χ3v) is 4.21. The molecule has 1 amide bonds. The highest BCUT2D eigenvalue weighted by Crippen LogP contribution is 2.23. The summed E-state index contributed by atoms with van der Waals surface area (Å²) in [6.45, 7) is 1.49. The van der Waals surface area contributed by atoms with Gasteiger partial charge in [-0.15, -0.1) is 0 Å². The van der Waals surface area contributed by atoms with Crippen LogP contribution in [0, 0.1) is 0 Å². The fourth-order valence-corrected chi connectivity index (χ4v) is 2.93. The molecule has 0 unspecified atom stereocenters. The van der Waals surface area contributed by atoms with Crippen molar-refractivity contribution in [2.45, 2.75) is 13.0 Å². The second-order valence-electron chi connectivity index (χ2n) is 4.73. The molecule has 0 N–H and O–H groups in total. The lowest BCUT2D eigenvalue weighted by molar-refractivity contribution is 0.0734. The molecular weight excluding hydrogens is 302 g/mol. The van der Waals surface area contributed by atoms with Crippen LogP contribution in [0.3, 0.4) is 0 Å². The number of carbonyl (C=O) groups excluding carboxylic acids is 1. The van der Waals surface area contributed by atoms with Crippen molar-refractivity contribution in [3.63, 3.8) is 0 Å². The Hall–Kier alpha value is -1.61. The van der Waals surface area contributed by atoms with E-state index >= 15 is 0 Å². The molecule has 1 aliphatic heterocycles. The summed E-state index contributed by atoms with van der Waals surface area (Å²) in [5.74, 6) is 0.0991. The smallest absolute Gasteiger partial charge is 0.255 e. The summed E-state index contributed by atoms with van der Waals surface area (Å²) in [6.07, 6.45) is 0.937. The van der Waals surface area contributed by atoms with Crippen molar-refractivity contribution in [3.8, 4) is 0 Å². The number of carbonyl (C=O) groups is 1. The highest BCUT2D eigenvalue weighted by atomic mass is 79.9. The first-order valence-corrected chi connectivity index (χ1v) is 7.15. The first kappa shape index (κ1) is 12.4. The fourth-order valence-electron chi connectivity index (χ4n) is 2.47. The number of hydrogen-bond acceptors (Lipinski definition) is 1. The molecule has 2 aromatic carbocycles. The molecule has 3 rings (SSSR count). The van der Waals surface area contributed by atoms with E-state index in [1.54, 1.807) is 0 Å². The van der Waals surface area contributed by atoms with Crippen LogP contribution in [-0.2, 0) is 13.0 Å². The second kappa shape index (κ2) is 5.17. The van der Waals surface area contributed by atoms with E-state index in [0.717, 1.165) is 23.0 Å². The minimum atomic E-state index is 0.0991. The number of amides is 1. The monoisotopic (exact) mass is 315 g/mol. The predicted molar refractivity (Wildman–Crippen MR) is 79.0 cm³/mol. The highest BCUT2D eigenvalue weighted by molar-refractivity contribution is 9.10. The quantitative estimate of drug-likeness (QED) is 0.786. The molecule has 19 heavy (non-hydrogen) atoms. The summed E-state index contributed by atoms with van der Waals surface area (Å²) in [5, 5.41) is 0. The Bertz CT molecular complexity index is 624. The van der Waals surface area contributed by atoms with E-state index < -0.39 is 0 Å². The van der Waals surface area contributed by atoms with Crippen molar-refractivity contribution in [2.24, 2.45) is 0 Å². The Balaban J connectivity index is 1.86. The van der Waals surface area contributed by atoms with Crippen LogP contribution in [0.5, 0.6) is 0 Å². The Kier molecular flexibility index (Phi) is 3.38. The second-order valence-corrected chi connectivity index (χ2v) is 5.58. The first-order chi connectivity index (χ1) is 9.25. The van der Waals surface area contributed by atoms with Gasteiger partial charge < -0.3 is 4.90 Å². The molecule has 0 atom stereocenters. The zero-order valence-electron chi connectivity index (χ0n) is 10.5. The average Bonchev–Trinajstić information content (AvgIpc) is 2.46. The van der Waals surface area contributed by atoms with Crippen LogP contribution in [0.2, 0.25) is 0 Å². The van der Waals surface area contributed by atoms with Gasteiger partial charge in [0.25, 0.3) is 5.91 Å². The van der Waals surface area contributed by atoms with Gasteiger partial charge in [0, 0.05) is 17.6 Å². The lowest BCUT2D eigenvalue weighted by Gasteiger charge is -2.29. The SMILES string of the molecule is O=C(c1ccccc1Br)N1CCc2ccccc2C1. The van der Waals surface area contributed by atoms with E-state index in [1.807, 2.05) is 35.2 Å². The van der Waals surface area contributed by atoms with Crippen LogP contribution >= 0.6 is 15.9 Å². The van der Waals surface area contributed by atoms with Crippen molar-refractivity contribution >= 4 is 21.8 Å². The van der Waals surface area contributed by atoms with E-state index in [1.165, 1.54) is 11.1 Å². The van der Waals surface area contributed by atoms with Gasteiger partial charge in [-0.05, 0) is 45.6 Å². The molecule has 0 aliphatic carbocycles. The number of fused-ring (bicyclic) bond motifs is 1. The van der Waals surface area contributed by atoms with E-state index in [9.17, 15) is 4.79 Å². The summed E-state index contributed by atoms with van der Waals surface area (Å²) in [4.78, 5) is 14.4. The summed E-state index contributed by atoms with van der Waals surface area (Å²) in [5.41, 5.74) is 3.36. The zero-order chi connectivity index (χ0) is 13.2. The van der Waals surface area contributed by atoms with Crippen molar-refractivity contribution in [1.82, 2.24) is 4.90 Å². The third-order valence-electron chi connectivity index (χ3n) is 3.52. The lowest BCUT2D eigenvalue weighted by Crippen LogP contribution is -2.36. The standard InChI is InChI=1S/C16H14BrNO/c17-15-8-4-3-7-14(15)16(19)18-10-9-12-5-1-2-6-13(12)11-18/h1-8H,9-11H2. The molecule has 96 valence electrons. The number of halogens is 1. The van der Waals surface area contributed by atoms with Crippen molar-refractivity contribution in [3.05, 3.63) is 69.7 Å². The maximum atomic E-state index is 12.5. The molecule has 0 spiro atoms. The number of hydrogen-bond donors (Lipinski definition) is 0. The van der Waals surface area contributed by atoms with Crippen molar-refractivity contribution in [2.75, 3.05) is 6.54 Å². The molecule has 2 nitrogen and oxygen atoms in total. The largest absolute Gasteiger partial charge is 0.334 e. The van der Waals surface area contributed by atoms with Crippen molar-refractivity contribution < 1.29 is 4.79 Å². The molecule has 0 radical (unpaired) electrons. The van der Waals surface area contributed by atoms with Crippen LogP contribution in [0.15, 0.2) is 53.0 Å². The molecule has 3 heteroatoms. The van der Waals surface area contributed by atoms with Crippen LogP contribution in [-0.4, -0.2) is 17.4 Å². The van der Waals surface area contributed by atoms with Gasteiger partial charge >= 0.3 is 0 Å². The predicted octanol–water partition coefficient (Wildman–Crippen LogP) is 3.65. The molecule has 2 aromatic rings. The van der Waals surface area contributed by atoms with Crippen LogP contribution in [0.4, 0.5) is 0 Å². The Morgan fingerprint density at radius 3 is 2.47 bits per heavy atom. The summed E-state index contributed by atoms with van der Waals surface area (Å²) < 4.78 is 0.860. The summed E-state index contributed by atoms with van der Waals surface area (Å²) in [6, 6.07) is 15.9. The number of rotatable bonds is 1. The van der Waals surface area contributed by atoms with Crippen LogP contribution in [0.25, 0.3) is 0 Å². The zero-order valence-corrected chi connectivity index (χ0v) is 12.1. The summed E-state index contributed by atoms with van der Waals surface area (Å²) >= 11 is 3.45. The maximum Gasteiger partial charge on any atom is 0.255 e. The maximum absolute atomic E-state index is 12.5. The number of nitrogens with zero attached hydrogens (tertiary/aromatic N) is 1. The molecule has 1 aliphatic rings. The average molecular weight is 316 g/mol. The third kappa shape index (κ3) is 2.43. The molecule has 0 saturated carbocycles. The van der Waals surface area contributed by atoms with Crippen molar-refractivity contribution in [1.29, 1.82) is 0 Å². The van der Waals surface area contributed by atoms with Gasteiger partial charge in [0.1, 0.15) is 0 Å². The summed E-state index contributed by atoms with van der Waals surface area (Å²) in [7, 11) is 0. The fraction of sp³-hybridized carbons (Fsp3) is 0.188. The molecule has 1 heterocycles.